The van der Waals surface area contributed by atoms with Gasteiger partial charge in [0.1, 0.15) is 18.3 Å². The average Bonchev–Trinajstić information content (AvgIpc) is 3.36. The van der Waals surface area contributed by atoms with E-state index in [0.29, 0.717) is 25.0 Å². The fraction of sp³-hybridized carbons (Fsp3) is 0.943. The van der Waals surface area contributed by atoms with Gasteiger partial charge in [0.2, 0.25) is 5.91 Å². The third-order valence-electron chi connectivity index (χ3n) is 11.0. The Labute approximate surface area is 278 Å². The molecule has 0 bridgehead atoms. The zero-order valence-corrected chi connectivity index (χ0v) is 31.1. The van der Waals surface area contributed by atoms with Crippen molar-refractivity contribution in [1.29, 1.82) is 0 Å². The maximum atomic E-state index is 14.1. The topological polar surface area (TPSA) is 111 Å². The lowest BCUT2D eigenvalue weighted by Crippen LogP contribution is -2.70. The standard InChI is InChI=1S/C35H63NO9Si/c1-24(37)36-29-27(45-46(8,9)33(2,3)4)20-35(39-7,32(38)41-22-26-18-14-11-15-19-26)44-31(29)30(28-23-42-34(5,6)43-28)40-21-25-16-12-10-13-17-25/h25-31H,10-23H2,1-9H3,(H,36,37)/t27-,28+,29+,30+,31+,35-/m0/s1. The minimum Gasteiger partial charge on any atom is -0.461 e. The maximum Gasteiger partial charge on any atom is 0.366 e. The molecule has 4 aliphatic rings. The molecule has 6 atom stereocenters. The zero-order valence-electron chi connectivity index (χ0n) is 30.1. The molecule has 0 radical (unpaired) electrons. The van der Waals surface area contributed by atoms with Crippen LogP contribution in [0.25, 0.3) is 0 Å². The fourth-order valence-electron chi connectivity index (χ4n) is 7.19. The van der Waals surface area contributed by atoms with Crippen molar-refractivity contribution in [1.82, 2.24) is 5.32 Å². The molecule has 11 heteroatoms. The van der Waals surface area contributed by atoms with Crippen LogP contribution in [0.2, 0.25) is 18.1 Å². The number of carbonyl (C=O) groups is 2. The minimum atomic E-state index is -2.42. The van der Waals surface area contributed by atoms with Gasteiger partial charge in [-0.05, 0) is 69.5 Å². The monoisotopic (exact) mass is 669 g/mol. The third kappa shape index (κ3) is 9.54. The Kier molecular flexibility index (Phi) is 12.8. The Morgan fingerprint density at radius 2 is 1.52 bits per heavy atom. The van der Waals surface area contributed by atoms with E-state index in [1.165, 1.54) is 39.7 Å². The van der Waals surface area contributed by atoms with Crippen molar-refractivity contribution in [2.45, 2.75) is 172 Å². The van der Waals surface area contributed by atoms with Crippen LogP contribution in [-0.4, -0.2) is 89.2 Å². The van der Waals surface area contributed by atoms with Gasteiger partial charge in [0.25, 0.3) is 5.79 Å². The molecule has 1 amide bonds. The molecule has 2 saturated carbocycles. The maximum absolute atomic E-state index is 14.1. The van der Waals surface area contributed by atoms with Crippen LogP contribution < -0.4 is 5.32 Å². The first-order valence-corrected chi connectivity index (χ1v) is 20.7. The number of hydrogen-bond acceptors (Lipinski definition) is 9. The zero-order chi connectivity index (χ0) is 33.8. The first kappa shape index (κ1) is 37.7. The van der Waals surface area contributed by atoms with E-state index in [1.807, 2.05) is 13.8 Å². The minimum absolute atomic E-state index is 0.0732. The lowest BCUT2D eigenvalue weighted by atomic mass is 9.87. The van der Waals surface area contributed by atoms with Gasteiger partial charge in [0, 0.05) is 20.5 Å². The molecule has 4 fully saturated rings. The van der Waals surface area contributed by atoms with Crippen molar-refractivity contribution in [2.24, 2.45) is 11.8 Å². The van der Waals surface area contributed by atoms with Gasteiger partial charge in [-0.1, -0.05) is 59.3 Å². The Hall–Kier alpha value is -1.08. The van der Waals surface area contributed by atoms with E-state index in [2.05, 4.69) is 39.2 Å². The Bertz CT molecular complexity index is 1000. The van der Waals surface area contributed by atoms with Crippen molar-refractivity contribution in [2.75, 3.05) is 26.9 Å². The third-order valence-corrected chi connectivity index (χ3v) is 15.5. The van der Waals surface area contributed by atoms with Crippen LogP contribution >= 0.6 is 0 Å². The molecule has 0 aromatic carbocycles. The molecular formula is C35H63NO9Si. The van der Waals surface area contributed by atoms with Crippen LogP contribution in [0.4, 0.5) is 0 Å². The number of nitrogens with one attached hydrogen (secondary N) is 1. The second kappa shape index (κ2) is 15.6. The first-order chi connectivity index (χ1) is 21.6. The summed E-state index contributed by atoms with van der Waals surface area (Å²) >= 11 is 0. The molecule has 2 aliphatic heterocycles. The number of carbonyl (C=O) groups excluding carboxylic acids is 2. The largest absolute Gasteiger partial charge is 0.461 e. The summed E-state index contributed by atoms with van der Waals surface area (Å²) in [5.74, 6) is -2.60. The highest BCUT2D eigenvalue weighted by Gasteiger charge is 2.59. The van der Waals surface area contributed by atoms with Gasteiger partial charge >= 0.3 is 5.97 Å². The Morgan fingerprint density at radius 3 is 2.02 bits per heavy atom. The predicted octanol–water partition coefficient (Wildman–Crippen LogP) is 6.25. The van der Waals surface area contributed by atoms with E-state index in [9.17, 15) is 9.59 Å². The first-order valence-electron chi connectivity index (χ1n) is 17.8. The quantitative estimate of drug-likeness (QED) is 0.190. The molecule has 266 valence electrons. The van der Waals surface area contributed by atoms with Crippen molar-refractivity contribution in [3.05, 3.63) is 0 Å². The van der Waals surface area contributed by atoms with Crippen molar-refractivity contribution in [3.63, 3.8) is 0 Å². The lowest BCUT2D eigenvalue weighted by molar-refractivity contribution is -0.309. The van der Waals surface area contributed by atoms with Gasteiger partial charge in [-0.3, -0.25) is 4.79 Å². The molecule has 10 nitrogen and oxygen atoms in total. The molecule has 0 unspecified atom stereocenters. The van der Waals surface area contributed by atoms with Crippen molar-refractivity contribution in [3.8, 4) is 0 Å². The van der Waals surface area contributed by atoms with E-state index in [1.54, 1.807) is 0 Å². The highest BCUT2D eigenvalue weighted by molar-refractivity contribution is 6.74. The fourth-order valence-corrected chi connectivity index (χ4v) is 8.53. The average molecular weight is 670 g/mol. The molecule has 2 aliphatic carbocycles. The molecule has 1 N–H and O–H groups in total. The summed E-state index contributed by atoms with van der Waals surface area (Å²) in [6.07, 6.45) is 8.88. The molecule has 2 heterocycles. The summed E-state index contributed by atoms with van der Waals surface area (Å²) in [5, 5.41) is 3.03. The van der Waals surface area contributed by atoms with Gasteiger partial charge < -0.3 is 38.2 Å². The van der Waals surface area contributed by atoms with Gasteiger partial charge in [0.05, 0.1) is 32.0 Å². The van der Waals surface area contributed by atoms with Crippen molar-refractivity contribution >= 4 is 20.2 Å². The Morgan fingerprint density at radius 1 is 0.935 bits per heavy atom. The molecule has 2 saturated heterocycles. The highest BCUT2D eigenvalue weighted by atomic mass is 28.4. The number of rotatable bonds is 12. The molecule has 46 heavy (non-hydrogen) atoms. The summed E-state index contributed by atoms with van der Waals surface area (Å²) < 4.78 is 45.2. The summed E-state index contributed by atoms with van der Waals surface area (Å²) in [4.78, 5) is 27.0. The van der Waals surface area contributed by atoms with E-state index in [0.717, 1.165) is 38.5 Å². The highest BCUT2D eigenvalue weighted by Crippen LogP contribution is 2.43. The van der Waals surface area contributed by atoms with Crippen LogP contribution in [0.15, 0.2) is 0 Å². The van der Waals surface area contributed by atoms with Crippen LogP contribution in [0, 0.1) is 11.8 Å². The molecular weight excluding hydrogens is 606 g/mol. The second-order valence-corrected chi connectivity index (χ2v) is 20.9. The van der Waals surface area contributed by atoms with Crippen molar-refractivity contribution < 1.29 is 42.4 Å². The second-order valence-electron chi connectivity index (χ2n) is 16.2. The number of hydrogen-bond donors (Lipinski definition) is 1. The van der Waals surface area contributed by atoms with E-state index in [-0.39, 0.29) is 24.0 Å². The molecule has 4 rings (SSSR count). The van der Waals surface area contributed by atoms with Gasteiger partial charge in [-0.15, -0.1) is 0 Å². The van der Waals surface area contributed by atoms with Gasteiger partial charge in [0.15, 0.2) is 14.1 Å². The summed E-state index contributed by atoms with van der Waals surface area (Å²) in [6, 6.07) is -0.635. The molecule has 0 aromatic heterocycles. The van der Waals surface area contributed by atoms with Crippen LogP contribution in [0.5, 0.6) is 0 Å². The molecule has 0 aromatic rings. The number of esters is 1. The van der Waals surface area contributed by atoms with Crippen LogP contribution in [-0.2, 0) is 42.4 Å². The van der Waals surface area contributed by atoms with Crippen LogP contribution in [0.1, 0.15) is 112 Å². The number of methoxy groups -OCH3 is 1. The Balaban J connectivity index is 1.72. The van der Waals surface area contributed by atoms with Gasteiger partial charge in [-0.2, -0.15) is 0 Å². The van der Waals surface area contributed by atoms with Gasteiger partial charge in [-0.25, -0.2) is 4.79 Å². The summed E-state index contributed by atoms with van der Waals surface area (Å²) in [6.45, 7) is 17.3. The predicted molar refractivity (Wildman–Crippen MR) is 178 cm³/mol. The normalized spacial score (nSPS) is 32.2. The van der Waals surface area contributed by atoms with E-state index < -0.39 is 56.3 Å². The molecule has 0 spiro atoms. The van der Waals surface area contributed by atoms with E-state index in [4.69, 9.17) is 32.8 Å². The SMILES string of the molecule is CO[C@@]1(C(=O)OCC2CCCCC2)C[C@H](O[Si](C)(C)C(C)(C)C)[C@@H](NC(C)=O)[C@H]([C@H](OCC2CCCCC2)[C@H]2COC(C)(C)O2)O1. The smallest absolute Gasteiger partial charge is 0.366 e. The lowest BCUT2D eigenvalue weighted by Gasteiger charge is -2.51. The van der Waals surface area contributed by atoms with Crippen LogP contribution in [0.3, 0.4) is 0 Å². The van der Waals surface area contributed by atoms with E-state index >= 15 is 0 Å². The number of ether oxygens (including phenoxy) is 6. The summed E-state index contributed by atoms with van der Waals surface area (Å²) in [7, 11) is -0.933. The number of amides is 1. The summed E-state index contributed by atoms with van der Waals surface area (Å²) in [5.41, 5.74) is 0.